The van der Waals surface area contributed by atoms with Crippen LogP contribution >= 0.6 is 11.6 Å². The van der Waals surface area contributed by atoms with Crippen molar-refractivity contribution in [3.8, 4) is 0 Å². The van der Waals surface area contributed by atoms with Crippen molar-refractivity contribution >= 4 is 11.6 Å². The van der Waals surface area contributed by atoms with Gasteiger partial charge in [0.1, 0.15) is 5.82 Å². The minimum Gasteiger partial charge on any atom is -0.389 e. The van der Waals surface area contributed by atoms with E-state index in [9.17, 15) is 9.50 Å². The van der Waals surface area contributed by atoms with Gasteiger partial charge in [0, 0.05) is 25.6 Å². The van der Waals surface area contributed by atoms with Gasteiger partial charge in [0.25, 0.3) is 0 Å². The van der Waals surface area contributed by atoms with Crippen molar-refractivity contribution in [3.05, 3.63) is 34.6 Å². The molecule has 0 amide bonds. The standard InChI is InChI=1S/C15H21ClFNO/c1-11(2)18-7-5-15(19,6-8-18)10-12-3-4-13(16)14(17)9-12/h3-4,9,11,19H,5-8,10H2,1-2H3. The van der Waals surface area contributed by atoms with E-state index in [0.717, 1.165) is 31.5 Å². The lowest BCUT2D eigenvalue weighted by Crippen LogP contribution is -2.47. The largest absolute Gasteiger partial charge is 0.389 e. The van der Waals surface area contributed by atoms with Gasteiger partial charge in [-0.1, -0.05) is 17.7 Å². The van der Waals surface area contributed by atoms with Gasteiger partial charge in [-0.05, 0) is 44.4 Å². The predicted molar refractivity (Wildman–Crippen MR) is 76.0 cm³/mol. The predicted octanol–water partition coefficient (Wildman–Crippen LogP) is 3.26. The van der Waals surface area contributed by atoms with E-state index < -0.39 is 11.4 Å². The lowest BCUT2D eigenvalue weighted by Gasteiger charge is -2.40. The van der Waals surface area contributed by atoms with Gasteiger partial charge in [-0.3, -0.25) is 0 Å². The van der Waals surface area contributed by atoms with Crippen LogP contribution < -0.4 is 0 Å². The zero-order valence-corrected chi connectivity index (χ0v) is 12.3. The van der Waals surface area contributed by atoms with E-state index in [1.54, 1.807) is 12.1 Å². The molecule has 1 saturated heterocycles. The Hall–Kier alpha value is -0.640. The van der Waals surface area contributed by atoms with Crippen molar-refractivity contribution < 1.29 is 9.50 Å². The maximum atomic E-state index is 13.4. The number of piperidine rings is 1. The Bertz CT molecular complexity index is 442. The van der Waals surface area contributed by atoms with Gasteiger partial charge in [0.15, 0.2) is 0 Å². The molecule has 1 aromatic rings. The smallest absolute Gasteiger partial charge is 0.142 e. The van der Waals surface area contributed by atoms with Crippen LogP contribution in [0.25, 0.3) is 0 Å². The summed E-state index contributed by atoms with van der Waals surface area (Å²) in [4.78, 5) is 2.36. The zero-order valence-electron chi connectivity index (χ0n) is 11.5. The molecule has 0 spiro atoms. The molecule has 0 radical (unpaired) electrons. The molecular weight excluding hydrogens is 265 g/mol. The third-order valence-corrected chi connectivity index (χ3v) is 4.28. The number of hydrogen-bond acceptors (Lipinski definition) is 2. The van der Waals surface area contributed by atoms with Crippen LogP contribution in [0.15, 0.2) is 18.2 Å². The van der Waals surface area contributed by atoms with Gasteiger partial charge in [-0.15, -0.1) is 0 Å². The van der Waals surface area contributed by atoms with Crippen LogP contribution in [0.5, 0.6) is 0 Å². The van der Waals surface area contributed by atoms with E-state index in [1.165, 1.54) is 6.07 Å². The fourth-order valence-corrected chi connectivity index (χ4v) is 2.78. The second kappa shape index (κ2) is 5.78. The van der Waals surface area contributed by atoms with Crippen LogP contribution in [-0.4, -0.2) is 34.7 Å². The molecule has 19 heavy (non-hydrogen) atoms. The monoisotopic (exact) mass is 285 g/mol. The summed E-state index contributed by atoms with van der Waals surface area (Å²) in [5, 5.41) is 10.7. The van der Waals surface area contributed by atoms with Crippen molar-refractivity contribution in [1.82, 2.24) is 4.90 Å². The van der Waals surface area contributed by atoms with Gasteiger partial charge in [0.2, 0.25) is 0 Å². The number of rotatable bonds is 3. The van der Waals surface area contributed by atoms with Crippen molar-refractivity contribution in [1.29, 1.82) is 0 Å². The number of aliphatic hydroxyl groups is 1. The number of hydrogen-bond donors (Lipinski definition) is 1. The highest BCUT2D eigenvalue weighted by molar-refractivity contribution is 6.30. The van der Waals surface area contributed by atoms with Gasteiger partial charge < -0.3 is 10.0 Å². The number of halogens is 2. The number of likely N-dealkylation sites (tertiary alicyclic amines) is 1. The van der Waals surface area contributed by atoms with Crippen LogP contribution in [0, 0.1) is 5.82 Å². The van der Waals surface area contributed by atoms with Crippen molar-refractivity contribution in [2.75, 3.05) is 13.1 Å². The first kappa shape index (κ1) is 14.8. The van der Waals surface area contributed by atoms with E-state index in [1.807, 2.05) is 0 Å². The Morgan fingerprint density at radius 3 is 2.53 bits per heavy atom. The summed E-state index contributed by atoms with van der Waals surface area (Å²) in [6.45, 7) is 6.12. The molecule has 0 aliphatic carbocycles. The summed E-state index contributed by atoms with van der Waals surface area (Å²) in [6, 6.07) is 5.28. The Kier molecular flexibility index (Phi) is 4.49. The molecule has 1 fully saturated rings. The maximum Gasteiger partial charge on any atom is 0.142 e. The van der Waals surface area contributed by atoms with Crippen molar-refractivity contribution in [3.63, 3.8) is 0 Å². The molecule has 1 heterocycles. The number of nitrogens with zero attached hydrogens (tertiary/aromatic N) is 1. The van der Waals surface area contributed by atoms with Crippen LogP contribution in [-0.2, 0) is 6.42 Å². The average molecular weight is 286 g/mol. The van der Waals surface area contributed by atoms with Gasteiger partial charge in [-0.25, -0.2) is 4.39 Å². The second-order valence-electron chi connectivity index (χ2n) is 5.78. The topological polar surface area (TPSA) is 23.5 Å². The highest BCUT2D eigenvalue weighted by Crippen LogP contribution is 2.28. The first-order valence-electron chi connectivity index (χ1n) is 6.80. The maximum absolute atomic E-state index is 13.4. The first-order valence-corrected chi connectivity index (χ1v) is 7.18. The van der Waals surface area contributed by atoms with E-state index in [4.69, 9.17) is 11.6 Å². The summed E-state index contributed by atoms with van der Waals surface area (Å²) in [5.41, 5.74) is 0.0912. The molecule has 0 saturated carbocycles. The average Bonchev–Trinajstić information content (AvgIpc) is 2.34. The highest BCUT2D eigenvalue weighted by Gasteiger charge is 2.33. The highest BCUT2D eigenvalue weighted by atomic mass is 35.5. The normalized spacial score (nSPS) is 19.9. The molecule has 1 N–H and O–H groups in total. The summed E-state index contributed by atoms with van der Waals surface area (Å²) in [5.74, 6) is -0.414. The molecule has 0 aromatic heterocycles. The minimum absolute atomic E-state index is 0.130. The summed E-state index contributed by atoms with van der Waals surface area (Å²) >= 11 is 5.67. The minimum atomic E-state index is -0.717. The SMILES string of the molecule is CC(C)N1CCC(O)(Cc2ccc(Cl)c(F)c2)CC1. The quantitative estimate of drug-likeness (QED) is 0.921. The lowest BCUT2D eigenvalue weighted by molar-refractivity contribution is -0.0271. The fraction of sp³-hybridized carbons (Fsp3) is 0.600. The second-order valence-corrected chi connectivity index (χ2v) is 6.19. The number of benzene rings is 1. The molecule has 0 atom stereocenters. The third kappa shape index (κ3) is 3.68. The molecule has 2 nitrogen and oxygen atoms in total. The molecule has 1 aliphatic rings. The lowest BCUT2D eigenvalue weighted by atomic mass is 9.85. The molecule has 0 bridgehead atoms. The molecule has 2 rings (SSSR count). The van der Waals surface area contributed by atoms with E-state index in [-0.39, 0.29) is 5.02 Å². The van der Waals surface area contributed by atoms with Gasteiger partial charge in [-0.2, -0.15) is 0 Å². The van der Waals surface area contributed by atoms with Crippen LogP contribution in [0.4, 0.5) is 4.39 Å². The fourth-order valence-electron chi connectivity index (χ4n) is 2.66. The van der Waals surface area contributed by atoms with E-state index >= 15 is 0 Å². The Morgan fingerprint density at radius 1 is 1.37 bits per heavy atom. The van der Waals surface area contributed by atoms with Gasteiger partial charge >= 0.3 is 0 Å². The molecule has 0 unspecified atom stereocenters. The van der Waals surface area contributed by atoms with Crippen LogP contribution in [0.1, 0.15) is 32.3 Å². The Balaban J connectivity index is 2.00. The molecule has 4 heteroatoms. The summed E-state index contributed by atoms with van der Waals surface area (Å²) in [6.07, 6.45) is 1.96. The van der Waals surface area contributed by atoms with Crippen molar-refractivity contribution in [2.45, 2.75) is 44.8 Å². The molecule has 106 valence electrons. The zero-order chi connectivity index (χ0) is 14.0. The Labute approximate surface area is 119 Å². The molecular formula is C15H21ClFNO. The van der Waals surface area contributed by atoms with Crippen molar-refractivity contribution in [2.24, 2.45) is 0 Å². The summed E-state index contributed by atoms with van der Waals surface area (Å²) in [7, 11) is 0. The summed E-state index contributed by atoms with van der Waals surface area (Å²) < 4.78 is 13.4. The van der Waals surface area contributed by atoms with Crippen LogP contribution in [0.3, 0.4) is 0 Å². The third-order valence-electron chi connectivity index (χ3n) is 3.98. The molecule has 1 aromatic carbocycles. The van der Waals surface area contributed by atoms with Crippen LogP contribution in [0.2, 0.25) is 5.02 Å². The molecule has 1 aliphatic heterocycles. The van der Waals surface area contributed by atoms with E-state index in [2.05, 4.69) is 18.7 Å². The van der Waals surface area contributed by atoms with Gasteiger partial charge in [0.05, 0.1) is 10.6 Å². The first-order chi connectivity index (χ1) is 8.89. The van der Waals surface area contributed by atoms with E-state index in [0.29, 0.717) is 12.5 Å². The Morgan fingerprint density at radius 2 is 2.00 bits per heavy atom.